The molecular weight excluding hydrogens is 763 g/mol. The minimum absolute atomic E-state index is 1.15. The average Bonchev–Trinajstić information content (AvgIpc) is 4.00. The molecule has 294 valence electrons. The molecule has 0 spiro atoms. The summed E-state index contributed by atoms with van der Waals surface area (Å²) in [6.07, 6.45) is 0. The van der Waals surface area contributed by atoms with Gasteiger partial charge in [-0.05, 0) is 76.9 Å². The second kappa shape index (κ2) is 14.1. The molecule has 13 aromatic rings. The Labute approximate surface area is 364 Å². The van der Waals surface area contributed by atoms with Gasteiger partial charge in [-0.2, -0.15) is 0 Å². The lowest BCUT2D eigenvalue weighted by molar-refractivity contribution is 1.17. The van der Waals surface area contributed by atoms with Crippen LogP contribution in [-0.2, 0) is 0 Å². The number of aromatic nitrogens is 3. The molecule has 0 saturated heterocycles. The Kier molecular flexibility index (Phi) is 7.91. The minimum Gasteiger partial charge on any atom is -0.309 e. The first-order chi connectivity index (χ1) is 31.3. The number of nitrogens with zero attached hydrogens (tertiary/aromatic N) is 3. The van der Waals surface area contributed by atoms with Crippen LogP contribution in [-0.4, -0.2) is 13.7 Å². The summed E-state index contributed by atoms with van der Waals surface area (Å²) in [4.78, 5) is 0. The summed E-state index contributed by atoms with van der Waals surface area (Å²) in [6, 6.07) is 86.4. The van der Waals surface area contributed by atoms with Crippen LogP contribution < -0.4 is 0 Å². The second-order valence-electron chi connectivity index (χ2n) is 16.4. The zero-order valence-corrected chi connectivity index (χ0v) is 34.4. The third kappa shape index (κ3) is 5.33. The first kappa shape index (κ1) is 35.4. The molecule has 10 aromatic carbocycles. The Hall–Kier alpha value is -8.40. The van der Waals surface area contributed by atoms with E-state index in [1.807, 2.05) is 0 Å². The van der Waals surface area contributed by atoms with Gasteiger partial charge in [-0.3, -0.25) is 0 Å². The van der Waals surface area contributed by atoms with Gasteiger partial charge in [-0.1, -0.05) is 182 Å². The van der Waals surface area contributed by atoms with Crippen molar-refractivity contribution < 1.29 is 0 Å². The fourth-order valence-electron chi connectivity index (χ4n) is 10.4. The van der Waals surface area contributed by atoms with Crippen LogP contribution in [0.15, 0.2) is 237 Å². The van der Waals surface area contributed by atoms with Gasteiger partial charge in [0.1, 0.15) is 0 Å². The molecule has 0 saturated carbocycles. The zero-order valence-electron chi connectivity index (χ0n) is 34.4. The lowest BCUT2D eigenvalue weighted by atomic mass is 9.97. The topological polar surface area (TPSA) is 14.8 Å². The van der Waals surface area contributed by atoms with Gasteiger partial charge in [-0.25, -0.2) is 0 Å². The predicted molar refractivity (Wildman–Crippen MR) is 266 cm³/mol. The van der Waals surface area contributed by atoms with Crippen LogP contribution in [0.4, 0.5) is 0 Å². The van der Waals surface area contributed by atoms with Crippen molar-refractivity contribution in [3.05, 3.63) is 237 Å². The fourth-order valence-corrected chi connectivity index (χ4v) is 10.4. The molecule has 0 unspecified atom stereocenters. The molecule has 13 rings (SSSR count). The predicted octanol–water partition coefficient (Wildman–Crippen LogP) is 16.0. The van der Waals surface area contributed by atoms with Crippen LogP contribution in [0.1, 0.15) is 0 Å². The number of rotatable bonds is 6. The molecule has 0 N–H and O–H groups in total. The van der Waals surface area contributed by atoms with E-state index in [4.69, 9.17) is 0 Å². The third-order valence-corrected chi connectivity index (χ3v) is 13.0. The highest BCUT2D eigenvalue weighted by Gasteiger charge is 2.24. The van der Waals surface area contributed by atoms with Gasteiger partial charge in [0.25, 0.3) is 0 Å². The number of para-hydroxylation sites is 5. The van der Waals surface area contributed by atoms with Crippen molar-refractivity contribution in [2.45, 2.75) is 0 Å². The molecule has 3 nitrogen and oxygen atoms in total. The van der Waals surface area contributed by atoms with Gasteiger partial charge in [0.15, 0.2) is 0 Å². The number of hydrogen-bond donors (Lipinski definition) is 0. The minimum atomic E-state index is 1.15. The fraction of sp³-hybridized carbons (Fsp3) is 0. The third-order valence-electron chi connectivity index (χ3n) is 13.0. The van der Waals surface area contributed by atoms with Gasteiger partial charge >= 0.3 is 0 Å². The first-order valence-corrected chi connectivity index (χ1v) is 21.7. The van der Waals surface area contributed by atoms with Crippen LogP contribution >= 0.6 is 0 Å². The number of fused-ring (bicyclic) bond motifs is 10. The molecule has 0 aliphatic rings. The summed E-state index contributed by atoms with van der Waals surface area (Å²) in [7, 11) is 0. The molecule has 0 radical (unpaired) electrons. The second-order valence-corrected chi connectivity index (χ2v) is 16.4. The van der Waals surface area contributed by atoms with E-state index in [0.717, 1.165) is 17.1 Å². The molecule has 0 amide bonds. The lowest BCUT2D eigenvalue weighted by Crippen LogP contribution is -1.99. The van der Waals surface area contributed by atoms with Gasteiger partial charge in [0, 0.05) is 49.1 Å². The van der Waals surface area contributed by atoms with E-state index in [-0.39, 0.29) is 0 Å². The summed E-state index contributed by atoms with van der Waals surface area (Å²) in [5.74, 6) is 0. The zero-order chi connectivity index (χ0) is 41.4. The van der Waals surface area contributed by atoms with E-state index in [2.05, 4.69) is 250 Å². The lowest BCUT2D eigenvalue weighted by Gasteiger charge is -2.17. The Morgan fingerprint density at radius 3 is 1.52 bits per heavy atom. The maximum Gasteiger partial charge on any atom is 0.0641 e. The van der Waals surface area contributed by atoms with Crippen LogP contribution in [0.25, 0.3) is 116 Å². The van der Waals surface area contributed by atoms with Gasteiger partial charge in [-0.15, -0.1) is 0 Å². The van der Waals surface area contributed by atoms with Gasteiger partial charge in [0.05, 0.1) is 44.5 Å². The normalized spacial score (nSPS) is 11.8. The Morgan fingerprint density at radius 2 is 0.778 bits per heavy atom. The van der Waals surface area contributed by atoms with Gasteiger partial charge in [0.2, 0.25) is 0 Å². The van der Waals surface area contributed by atoms with Crippen LogP contribution in [0.3, 0.4) is 0 Å². The SMILES string of the molecule is c1ccc(-c2ccc(-c3ccccc3)c(-n3c4ccccc4c4c(-c5ccccc5-n5c6ccccc6c6ccc7c(c8ccccc8n7-c7ccccc7)c65)cccc43)c2)cc1. The highest BCUT2D eigenvalue weighted by atomic mass is 15.0. The van der Waals surface area contributed by atoms with E-state index >= 15 is 0 Å². The van der Waals surface area contributed by atoms with E-state index in [1.54, 1.807) is 0 Å². The molecule has 0 atom stereocenters. The van der Waals surface area contributed by atoms with Crippen molar-refractivity contribution in [2.24, 2.45) is 0 Å². The first-order valence-electron chi connectivity index (χ1n) is 21.7. The molecule has 0 fully saturated rings. The molecule has 0 bridgehead atoms. The van der Waals surface area contributed by atoms with Crippen molar-refractivity contribution in [1.82, 2.24) is 13.7 Å². The van der Waals surface area contributed by atoms with E-state index < -0.39 is 0 Å². The van der Waals surface area contributed by atoms with Crippen molar-refractivity contribution in [1.29, 1.82) is 0 Å². The Balaban J connectivity index is 1.12. The summed E-state index contributed by atoms with van der Waals surface area (Å²) in [6.45, 7) is 0. The Morgan fingerprint density at radius 1 is 0.238 bits per heavy atom. The summed E-state index contributed by atoms with van der Waals surface area (Å²) in [5.41, 5.74) is 17.7. The largest absolute Gasteiger partial charge is 0.309 e. The highest BCUT2D eigenvalue weighted by Crippen LogP contribution is 2.46. The van der Waals surface area contributed by atoms with Crippen molar-refractivity contribution in [2.75, 3.05) is 0 Å². The van der Waals surface area contributed by atoms with Crippen molar-refractivity contribution >= 4 is 65.4 Å². The van der Waals surface area contributed by atoms with Crippen molar-refractivity contribution in [3.63, 3.8) is 0 Å². The number of benzene rings is 10. The van der Waals surface area contributed by atoms with Crippen LogP contribution in [0.5, 0.6) is 0 Å². The standard InChI is InChI=1S/C60H39N3/c1-4-19-40(20-5-1)42-35-36-44(41-21-6-2-7-22-41)57(39-42)62-54-33-17-12-27-49(54)58-47(29-18-34-55(58)62)45-25-10-14-30-51(45)63-52-31-15-11-26-46(52)48-37-38-56-59(60(48)63)50-28-13-16-32-53(50)61(56)43-23-8-3-9-24-43/h1-39H. The molecule has 3 aromatic heterocycles. The molecular formula is C60H39N3. The molecule has 63 heavy (non-hydrogen) atoms. The molecule has 0 aliphatic heterocycles. The quantitative estimate of drug-likeness (QED) is 0.159. The van der Waals surface area contributed by atoms with Gasteiger partial charge < -0.3 is 13.7 Å². The maximum absolute atomic E-state index is 2.54. The van der Waals surface area contributed by atoms with E-state index in [1.165, 1.54) is 98.8 Å². The summed E-state index contributed by atoms with van der Waals surface area (Å²) >= 11 is 0. The summed E-state index contributed by atoms with van der Waals surface area (Å²) < 4.78 is 7.46. The van der Waals surface area contributed by atoms with Crippen molar-refractivity contribution in [3.8, 4) is 50.4 Å². The number of hydrogen-bond acceptors (Lipinski definition) is 0. The highest BCUT2D eigenvalue weighted by molar-refractivity contribution is 6.26. The maximum atomic E-state index is 2.54. The summed E-state index contributed by atoms with van der Waals surface area (Å²) in [5, 5.41) is 7.42. The molecule has 3 heteroatoms. The van der Waals surface area contributed by atoms with Crippen LogP contribution in [0.2, 0.25) is 0 Å². The van der Waals surface area contributed by atoms with E-state index in [9.17, 15) is 0 Å². The smallest absolute Gasteiger partial charge is 0.0641 e. The average molecular weight is 802 g/mol. The Bertz CT molecular complexity index is 3890. The molecule has 0 aliphatic carbocycles. The molecule has 3 heterocycles. The van der Waals surface area contributed by atoms with E-state index in [0.29, 0.717) is 0 Å². The monoisotopic (exact) mass is 801 g/mol. The van der Waals surface area contributed by atoms with Crippen LogP contribution in [0, 0.1) is 0 Å².